The van der Waals surface area contributed by atoms with Gasteiger partial charge < -0.3 is 5.73 Å². The van der Waals surface area contributed by atoms with Crippen LogP contribution in [0.4, 0.5) is 4.39 Å². The summed E-state index contributed by atoms with van der Waals surface area (Å²) in [7, 11) is 0. The normalized spacial score (nSPS) is 14.2. The first-order chi connectivity index (χ1) is 8.90. The highest BCUT2D eigenvalue weighted by Gasteiger charge is 2.25. The van der Waals surface area contributed by atoms with Gasteiger partial charge in [-0.25, -0.2) is 4.39 Å². The molecule has 0 aromatic heterocycles. The van der Waals surface area contributed by atoms with Crippen LogP contribution in [0, 0.1) is 5.82 Å². The quantitative estimate of drug-likeness (QED) is 0.884. The highest BCUT2D eigenvalue weighted by Crippen LogP contribution is 2.31. The Bertz CT molecular complexity index is 596. The molecule has 1 nitrogen and oxygen atoms in total. The molecule has 0 spiro atoms. The molecule has 0 aliphatic rings. The van der Waals surface area contributed by atoms with Gasteiger partial charge in [0.15, 0.2) is 0 Å². The van der Waals surface area contributed by atoms with E-state index >= 15 is 0 Å². The Balaban J connectivity index is 2.36. The number of benzene rings is 2. The Kier molecular flexibility index (Phi) is 4.14. The van der Waals surface area contributed by atoms with E-state index in [2.05, 4.69) is 0 Å². The van der Waals surface area contributed by atoms with Crippen molar-refractivity contribution < 1.29 is 4.39 Å². The second-order valence-electron chi connectivity index (χ2n) is 4.81. The fourth-order valence-corrected chi connectivity index (χ4v) is 2.63. The molecule has 1 atom stereocenters. The molecule has 2 aromatic carbocycles. The maximum atomic E-state index is 13.3. The van der Waals surface area contributed by atoms with E-state index in [4.69, 9.17) is 28.9 Å². The zero-order valence-corrected chi connectivity index (χ0v) is 12.0. The Morgan fingerprint density at radius 1 is 1.11 bits per heavy atom. The third-order valence-electron chi connectivity index (χ3n) is 3.05. The molecule has 19 heavy (non-hydrogen) atoms. The zero-order valence-electron chi connectivity index (χ0n) is 10.5. The van der Waals surface area contributed by atoms with Gasteiger partial charge in [-0.3, -0.25) is 0 Å². The number of nitrogens with two attached hydrogens (primary N) is 1. The number of rotatable bonds is 3. The molecule has 0 heterocycles. The third-order valence-corrected chi connectivity index (χ3v) is 3.75. The molecule has 2 aromatic rings. The highest BCUT2D eigenvalue weighted by molar-refractivity contribution is 6.31. The summed E-state index contributed by atoms with van der Waals surface area (Å²) in [6.45, 7) is 1.86. The van der Waals surface area contributed by atoms with Crippen LogP contribution >= 0.6 is 23.2 Å². The SMILES string of the molecule is CC(N)(Cc1cc(F)ccc1Cl)c1ccccc1Cl. The number of halogens is 3. The topological polar surface area (TPSA) is 26.0 Å². The minimum atomic E-state index is -0.713. The minimum Gasteiger partial charge on any atom is -0.321 e. The van der Waals surface area contributed by atoms with E-state index < -0.39 is 5.54 Å². The highest BCUT2D eigenvalue weighted by atomic mass is 35.5. The Morgan fingerprint density at radius 2 is 1.79 bits per heavy atom. The molecular weight excluding hydrogens is 284 g/mol. The lowest BCUT2D eigenvalue weighted by Crippen LogP contribution is -2.35. The second-order valence-corrected chi connectivity index (χ2v) is 5.62. The predicted molar refractivity (Wildman–Crippen MR) is 78.1 cm³/mol. The van der Waals surface area contributed by atoms with Crippen molar-refractivity contribution in [2.24, 2.45) is 5.73 Å². The van der Waals surface area contributed by atoms with Gasteiger partial charge in [-0.1, -0.05) is 41.4 Å². The van der Waals surface area contributed by atoms with Gasteiger partial charge in [0.05, 0.1) is 0 Å². The average Bonchev–Trinajstić information content (AvgIpc) is 2.34. The van der Waals surface area contributed by atoms with Crippen LogP contribution in [0.2, 0.25) is 10.0 Å². The van der Waals surface area contributed by atoms with Crippen LogP contribution in [0.3, 0.4) is 0 Å². The fraction of sp³-hybridized carbons (Fsp3) is 0.200. The molecule has 0 saturated heterocycles. The first-order valence-electron chi connectivity index (χ1n) is 5.88. The monoisotopic (exact) mass is 297 g/mol. The van der Waals surface area contributed by atoms with E-state index in [1.165, 1.54) is 18.2 Å². The number of hydrogen-bond donors (Lipinski definition) is 1. The van der Waals surface area contributed by atoms with Gasteiger partial charge in [-0.15, -0.1) is 0 Å². The maximum absolute atomic E-state index is 13.3. The summed E-state index contributed by atoms with van der Waals surface area (Å²) < 4.78 is 13.3. The fourth-order valence-electron chi connectivity index (χ4n) is 2.09. The molecule has 0 amide bonds. The van der Waals surface area contributed by atoms with E-state index in [0.717, 1.165) is 5.56 Å². The Morgan fingerprint density at radius 3 is 2.47 bits per heavy atom. The summed E-state index contributed by atoms with van der Waals surface area (Å²) in [6.07, 6.45) is 0.410. The van der Waals surface area contributed by atoms with Crippen molar-refractivity contribution in [3.63, 3.8) is 0 Å². The van der Waals surface area contributed by atoms with Crippen molar-refractivity contribution in [2.45, 2.75) is 18.9 Å². The minimum absolute atomic E-state index is 0.325. The van der Waals surface area contributed by atoms with Crippen molar-refractivity contribution in [1.29, 1.82) is 0 Å². The first-order valence-corrected chi connectivity index (χ1v) is 6.63. The molecule has 4 heteroatoms. The van der Waals surface area contributed by atoms with Crippen molar-refractivity contribution in [1.82, 2.24) is 0 Å². The summed E-state index contributed by atoms with van der Waals surface area (Å²) in [5.41, 5.74) is 7.10. The molecule has 0 aliphatic heterocycles. The van der Waals surface area contributed by atoms with E-state index in [1.54, 1.807) is 6.07 Å². The van der Waals surface area contributed by atoms with Gasteiger partial charge in [0.1, 0.15) is 5.82 Å². The Hall–Kier alpha value is -1.09. The molecule has 1 unspecified atom stereocenters. The van der Waals surface area contributed by atoms with Gasteiger partial charge >= 0.3 is 0 Å². The molecular formula is C15H14Cl2FN. The summed E-state index contributed by atoms with van der Waals surface area (Å²) in [5, 5.41) is 1.10. The predicted octanol–water partition coefficient (Wildman–Crippen LogP) is 4.55. The van der Waals surface area contributed by atoms with E-state index in [1.807, 2.05) is 25.1 Å². The van der Waals surface area contributed by atoms with Crippen LogP contribution in [0.15, 0.2) is 42.5 Å². The van der Waals surface area contributed by atoms with Crippen molar-refractivity contribution in [2.75, 3.05) is 0 Å². The van der Waals surface area contributed by atoms with Crippen molar-refractivity contribution >= 4 is 23.2 Å². The molecule has 100 valence electrons. The first kappa shape index (κ1) is 14.3. The average molecular weight is 298 g/mol. The zero-order chi connectivity index (χ0) is 14.0. The van der Waals surface area contributed by atoms with Gasteiger partial charge in [0.25, 0.3) is 0 Å². The molecule has 0 radical (unpaired) electrons. The lowest BCUT2D eigenvalue weighted by atomic mass is 9.86. The summed E-state index contributed by atoms with van der Waals surface area (Å²) in [6, 6.07) is 11.6. The molecule has 0 fully saturated rings. The van der Waals surface area contributed by atoms with Crippen LogP contribution in [0.5, 0.6) is 0 Å². The van der Waals surface area contributed by atoms with Gasteiger partial charge in [0.2, 0.25) is 0 Å². The molecule has 0 saturated carbocycles. The van der Waals surface area contributed by atoms with Gasteiger partial charge in [-0.05, 0) is 48.7 Å². The van der Waals surface area contributed by atoms with Crippen LogP contribution in [-0.2, 0) is 12.0 Å². The standard InChI is InChI=1S/C15H14Cl2FN/c1-15(19,12-4-2-3-5-14(12)17)9-10-8-11(18)6-7-13(10)16/h2-8H,9,19H2,1H3. The smallest absolute Gasteiger partial charge is 0.123 e. The van der Waals surface area contributed by atoms with E-state index in [9.17, 15) is 4.39 Å². The van der Waals surface area contributed by atoms with Gasteiger partial charge in [-0.2, -0.15) is 0 Å². The van der Waals surface area contributed by atoms with Crippen molar-refractivity contribution in [3.8, 4) is 0 Å². The van der Waals surface area contributed by atoms with E-state index in [-0.39, 0.29) is 5.82 Å². The lowest BCUT2D eigenvalue weighted by Gasteiger charge is -2.27. The van der Waals surface area contributed by atoms with E-state index in [0.29, 0.717) is 22.0 Å². The second kappa shape index (κ2) is 5.49. The molecule has 0 aliphatic carbocycles. The van der Waals surface area contributed by atoms with Crippen molar-refractivity contribution in [3.05, 3.63) is 69.5 Å². The Labute approximate surface area is 122 Å². The maximum Gasteiger partial charge on any atom is 0.123 e. The summed E-state index contributed by atoms with van der Waals surface area (Å²) >= 11 is 12.2. The van der Waals surface area contributed by atoms with Crippen LogP contribution < -0.4 is 5.73 Å². The van der Waals surface area contributed by atoms with Crippen LogP contribution in [-0.4, -0.2) is 0 Å². The van der Waals surface area contributed by atoms with Crippen LogP contribution in [0.25, 0.3) is 0 Å². The van der Waals surface area contributed by atoms with Crippen LogP contribution in [0.1, 0.15) is 18.1 Å². The molecule has 2 rings (SSSR count). The molecule has 2 N–H and O–H groups in total. The summed E-state index contributed by atoms with van der Waals surface area (Å²) in [4.78, 5) is 0. The third kappa shape index (κ3) is 3.27. The molecule has 0 bridgehead atoms. The number of hydrogen-bond acceptors (Lipinski definition) is 1. The lowest BCUT2D eigenvalue weighted by molar-refractivity contribution is 0.490. The largest absolute Gasteiger partial charge is 0.321 e. The van der Waals surface area contributed by atoms with Gasteiger partial charge in [0, 0.05) is 15.6 Å². The summed E-state index contributed by atoms with van der Waals surface area (Å²) in [5.74, 6) is -0.325.